The summed E-state index contributed by atoms with van der Waals surface area (Å²) in [7, 11) is 0. The van der Waals surface area contributed by atoms with Gasteiger partial charge in [-0.15, -0.1) is 11.3 Å². The molecule has 74 valence electrons. The van der Waals surface area contributed by atoms with E-state index in [1.807, 2.05) is 6.07 Å². The summed E-state index contributed by atoms with van der Waals surface area (Å²) >= 11 is 1.76. The molecule has 0 saturated carbocycles. The molecule has 1 N–H and O–H groups in total. The Hall–Kier alpha value is -1.13. The molecule has 3 nitrogen and oxygen atoms in total. The molecule has 0 aliphatic heterocycles. The lowest BCUT2D eigenvalue weighted by Gasteiger charge is -2.09. The Morgan fingerprint density at radius 3 is 3.14 bits per heavy atom. The Bertz CT molecular complexity index is 355. The monoisotopic (exact) mass is 208 g/mol. The summed E-state index contributed by atoms with van der Waals surface area (Å²) in [6, 6.07) is 6.42. The molecule has 4 heteroatoms. The van der Waals surface area contributed by atoms with Gasteiger partial charge in [0.1, 0.15) is 5.76 Å². The summed E-state index contributed by atoms with van der Waals surface area (Å²) in [5, 5.41) is 9.10. The van der Waals surface area contributed by atoms with Crippen LogP contribution < -0.4 is 5.32 Å². The van der Waals surface area contributed by atoms with E-state index in [9.17, 15) is 0 Å². The average molecular weight is 208 g/mol. The SMILES string of the molecule is CC(NCc1ccno1)c1cccs1. The van der Waals surface area contributed by atoms with Crippen LogP contribution in [0.25, 0.3) is 0 Å². The van der Waals surface area contributed by atoms with Gasteiger partial charge in [-0.05, 0) is 18.4 Å². The highest BCUT2D eigenvalue weighted by Crippen LogP contribution is 2.18. The van der Waals surface area contributed by atoms with Crippen LogP contribution >= 0.6 is 11.3 Å². The zero-order chi connectivity index (χ0) is 9.80. The predicted molar refractivity (Wildman–Crippen MR) is 56.1 cm³/mol. The van der Waals surface area contributed by atoms with E-state index in [-0.39, 0.29) is 0 Å². The number of aromatic nitrogens is 1. The minimum absolute atomic E-state index is 0.361. The van der Waals surface area contributed by atoms with Gasteiger partial charge in [0, 0.05) is 17.0 Å². The molecule has 2 heterocycles. The van der Waals surface area contributed by atoms with Gasteiger partial charge in [0.05, 0.1) is 12.7 Å². The van der Waals surface area contributed by atoms with E-state index in [1.165, 1.54) is 4.88 Å². The van der Waals surface area contributed by atoms with Gasteiger partial charge in [0.25, 0.3) is 0 Å². The van der Waals surface area contributed by atoms with Crippen molar-refractivity contribution in [1.82, 2.24) is 10.5 Å². The van der Waals surface area contributed by atoms with Crippen molar-refractivity contribution in [2.45, 2.75) is 19.5 Å². The highest BCUT2D eigenvalue weighted by molar-refractivity contribution is 7.10. The third-order valence-electron chi connectivity index (χ3n) is 2.04. The van der Waals surface area contributed by atoms with E-state index in [1.54, 1.807) is 17.5 Å². The minimum atomic E-state index is 0.361. The Morgan fingerprint density at radius 2 is 2.50 bits per heavy atom. The van der Waals surface area contributed by atoms with Crippen LogP contribution in [0.15, 0.2) is 34.3 Å². The molecule has 0 amide bonds. The Morgan fingerprint density at radius 1 is 1.57 bits per heavy atom. The van der Waals surface area contributed by atoms with Crippen LogP contribution in [0.2, 0.25) is 0 Å². The zero-order valence-corrected chi connectivity index (χ0v) is 8.75. The van der Waals surface area contributed by atoms with E-state index in [2.05, 4.69) is 34.9 Å². The first kappa shape index (κ1) is 9.43. The number of nitrogens with one attached hydrogen (secondary N) is 1. The van der Waals surface area contributed by atoms with Gasteiger partial charge >= 0.3 is 0 Å². The fraction of sp³-hybridized carbons (Fsp3) is 0.300. The molecule has 0 aliphatic carbocycles. The molecule has 14 heavy (non-hydrogen) atoms. The summed E-state index contributed by atoms with van der Waals surface area (Å²) in [6.07, 6.45) is 1.66. The van der Waals surface area contributed by atoms with Crippen LogP contribution in [0.3, 0.4) is 0 Å². The highest BCUT2D eigenvalue weighted by atomic mass is 32.1. The maximum Gasteiger partial charge on any atom is 0.150 e. The van der Waals surface area contributed by atoms with Crippen LogP contribution in [-0.4, -0.2) is 5.16 Å². The topological polar surface area (TPSA) is 38.1 Å². The fourth-order valence-corrected chi connectivity index (χ4v) is 1.98. The summed E-state index contributed by atoms with van der Waals surface area (Å²) in [5.41, 5.74) is 0. The molecule has 1 unspecified atom stereocenters. The van der Waals surface area contributed by atoms with Gasteiger partial charge in [0.2, 0.25) is 0 Å². The summed E-state index contributed by atoms with van der Waals surface area (Å²) in [5.74, 6) is 0.869. The van der Waals surface area contributed by atoms with Crippen molar-refractivity contribution in [1.29, 1.82) is 0 Å². The van der Waals surface area contributed by atoms with Gasteiger partial charge in [0.15, 0.2) is 0 Å². The first-order valence-electron chi connectivity index (χ1n) is 4.52. The average Bonchev–Trinajstić information content (AvgIpc) is 2.87. The Kier molecular flexibility index (Phi) is 2.96. The molecular weight excluding hydrogens is 196 g/mol. The number of hydrogen-bond donors (Lipinski definition) is 1. The van der Waals surface area contributed by atoms with Gasteiger partial charge in [-0.1, -0.05) is 11.2 Å². The van der Waals surface area contributed by atoms with E-state index >= 15 is 0 Å². The molecule has 0 bridgehead atoms. The molecule has 0 radical (unpaired) electrons. The minimum Gasteiger partial charge on any atom is -0.360 e. The van der Waals surface area contributed by atoms with Crippen LogP contribution in [-0.2, 0) is 6.54 Å². The third kappa shape index (κ3) is 2.21. The van der Waals surface area contributed by atoms with Gasteiger partial charge < -0.3 is 9.84 Å². The maximum atomic E-state index is 4.99. The van der Waals surface area contributed by atoms with Crippen molar-refractivity contribution in [3.8, 4) is 0 Å². The lowest BCUT2D eigenvalue weighted by molar-refractivity contribution is 0.366. The number of nitrogens with zero attached hydrogens (tertiary/aromatic N) is 1. The molecule has 2 aromatic rings. The lowest BCUT2D eigenvalue weighted by atomic mass is 10.2. The summed E-state index contributed by atoms with van der Waals surface area (Å²) < 4.78 is 4.99. The molecule has 0 saturated heterocycles. The molecule has 0 aliphatic rings. The standard InChI is InChI=1S/C10H12N2OS/c1-8(10-3-2-6-14-10)11-7-9-4-5-12-13-9/h2-6,8,11H,7H2,1H3. The van der Waals surface area contributed by atoms with E-state index in [4.69, 9.17) is 4.52 Å². The second-order valence-corrected chi connectivity index (χ2v) is 4.08. The Labute approximate surface area is 86.7 Å². The molecule has 0 spiro atoms. The van der Waals surface area contributed by atoms with Crippen LogP contribution in [0.5, 0.6) is 0 Å². The first-order chi connectivity index (χ1) is 6.86. The predicted octanol–water partition coefficient (Wildman–Crippen LogP) is 2.59. The van der Waals surface area contributed by atoms with Crippen molar-refractivity contribution in [2.24, 2.45) is 0 Å². The van der Waals surface area contributed by atoms with Crippen LogP contribution in [0, 0.1) is 0 Å². The largest absolute Gasteiger partial charge is 0.360 e. The van der Waals surface area contributed by atoms with Crippen molar-refractivity contribution in [3.63, 3.8) is 0 Å². The first-order valence-corrected chi connectivity index (χ1v) is 5.40. The van der Waals surface area contributed by atoms with Crippen molar-refractivity contribution in [2.75, 3.05) is 0 Å². The zero-order valence-electron chi connectivity index (χ0n) is 7.93. The lowest BCUT2D eigenvalue weighted by Crippen LogP contribution is -2.16. The third-order valence-corrected chi connectivity index (χ3v) is 3.10. The molecule has 0 aromatic carbocycles. The summed E-state index contributed by atoms with van der Waals surface area (Å²) in [4.78, 5) is 1.34. The van der Waals surface area contributed by atoms with E-state index < -0.39 is 0 Å². The van der Waals surface area contributed by atoms with Crippen molar-refractivity contribution < 1.29 is 4.52 Å². The second-order valence-electron chi connectivity index (χ2n) is 3.10. The Balaban J connectivity index is 1.87. The maximum absolute atomic E-state index is 4.99. The quantitative estimate of drug-likeness (QED) is 0.839. The normalized spacial score (nSPS) is 12.9. The fourth-order valence-electron chi connectivity index (χ4n) is 1.23. The number of hydrogen-bond acceptors (Lipinski definition) is 4. The second kappa shape index (κ2) is 4.39. The highest BCUT2D eigenvalue weighted by Gasteiger charge is 2.06. The van der Waals surface area contributed by atoms with Crippen LogP contribution in [0.4, 0.5) is 0 Å². The molecular formula is C10H12N2OS. The molecule has 2 aromatic heterocycles. The van der Waals surface area contributed by atoms with Crippen molar-refractivity contribution in [3.05, 3.63) is 40.4 Å². The molecule has 1 atom stereocenters. The van der Waals surface area contributed by atoms with E-state index in [0.717, 1.165) is 12.3 Å². The van der Waals surface area contributed by atoms with Gasteiger partial charge in [-0.25, -0.2) is 0 Å². The van der Waals surface area contributed by atoms with Gasteiger partial charge in [-0.3, -0.25) is 0 Å². The smallest absolute Gasteiger partial charge is 0.150 e. The van der Waals surface area contributed by atoms with Crippen LogP contribution in [0.1, 0.15) is 23.6 Å². The number of rotatable bonds is 4. The molecule has 0 fully saturated rings. The van der Waals surface area contributed by atoms with Crippen molar-refractivity contribution >= 4 is 11.3 Å². The van der Waals surface area contributed by atoms with Gasteiger partial charge in [-0.2, -0.15) is 0 Å². The number of thiophene rings is 1. The van der Waals surface area contributed by atoms with E-state index in [0.29, 0.717) is 6.04 Å². The molecule has 2 rings (SSSR count). The summed E-state index contributed by atoms with van der Waals surface area (Å²) in [6.45, 7) is 2.86.